The summed E-state index contributed by atoms with van der Waals surface area (Å²) in [6.45, 7) is 0. The van der Waals surface area contributed by atoms with E-state index in [9.17, 15) is 9.59 Å². The van der Waals surface area contributed by atoms with Crippen LogP contribution in [0.2, 0.25) is 5.02 Å². The van der Waals surface area contributed by atoms with Gasteiger partial charge in [0.2, 0.25) is 11.8 Å². The van der Waals surface area contributed by atoms with Crippen LogP contribution in [0, 0.1) is 0 Å². The van der Waals surface area contributed by atoms with Gasteiger partial charge in [-0.1, -0.05) is 23.7 Å². The van der Waals surface area contributed by atoms with E-state index in [1.807, 2.05) is 18.4 Å². The summed E-state index contributed by atoms with van der Waals surface area (Å²) in [5, 5.41) is 3.58. The van der Waals surface area contributed by atoms with Gasteiger partial charge in [-0.3, -0.25) is 9.59 Å². The maximum Gasteiger partial charge on any atom is 0.237 e. The van der Waals surface area contributed by atoms with Crippen molar-refractivity contribution in [1.82, 2.24) is 10.2 Å². The topological polar surface area (TPSA) is 75.4 Å². The van der Waals surface area contributed by atoms with Crippen LogP contribution in [0.25, 0.3) is 0 Å². The predicted molar refractivity (Wildman–Crippen MR) is 102 cm³/mol. The summed E-state index contributed by atoms with van der Waals surface area (Å²) in [7, 11) is 1.75. The predicted octanol–water partition coefficient (Wildman–Crippen LogP) is 2.23. The maximum atomic E-state index is 12.3. The third-order valence-corrected chi connectivity index (χ3v) is 4.99. The molecule has 1 aliphatic heterocycles. The molecule has 2 amide bonds. The van der Waals surface area contributed by atoms with Gasteiger partial charge in [-0.15, -0.1) is 12.4 Å². The Morgan fingerprint density at radius 1 is 1.46 bits per heavy atom. The average Bonchev–Trinajstić information content (AvgIpc) is 2.80. The van der Waals surface area contributed by atoms with E-state index in [0.29, 0.717) is 11.4 Å². The minimum Gasteiger partial charge on any atom is -0.349 e. The molecule has 3 atom stereocenters. The number of hydrogen-bond acceptors (Lipinski definition) is 4. The van der Waals surface area contributed by atoms with Crippen molar-refractivity contribution in [2.24, 2.45) is 5.73 Å². The fraction of sp³-hybridized carbons (Fsp3) is 0.500. The van der Waals surface area contributed by atoms with Gasteiger partial charge in [-0.2, -0.15) is 11.8 Å². The largest absolute Gasteiger partial charge is 0.349 e. The number of likely N-dealkylation sites (N-methyl/N-ethyl adjacent to an activating group) is 1. The molecule has 1 aromatic rings. The minimum absolute atomic E-state index is 0. The average molecular weight is 392 g/mol. The van der Waals surface area contributed by atoms with Crippen LogP contribution in [-0.2, 0) is 9.59 Å². The smallest absolute Gasteiger partial charge is 0.237 e. The van der Waals surface area contributed by atoms with E-state index in [1.165, 1.54) is 0 Å². The Morgan fingerprint density at radius 3 is 2.67 bits per heavy atom. The Kier molecular flexibility index (Phi) is 8.36. The van der Waals surface area contributed by atoms with Gasteiger partial charge in [-0.25, -0.2) is 0 Å². The second-order valence-electron chi connectivity index (χ2n) is 5.71. The molecule has 3 unspecified atom stereocenters. The highest BCUT2D eigenvalue weighted by Crippen LogP contribution is 2.32. The number of benzene rings is 1. The zero-order valence-electron chi connectivity index (χ0n) is 13.7. The van der Waals surface area contributed by atoms with Gasteiger partial charge >= 0.3 is 0 Å². The number of carbonyl (C=O) groups is 2. The van der Waals surface area contributed by atoms with Crippen LogP contribution < -0.4 is 11.1 Å². The van der Waals surface area contributed by atoms with Gasteiger partial charge in [0.25, 0.3) is 0 Å². The first-order chi connectivity index (χ1) is 10.9. The SMILES string of the molecule is CSCCC(N)C(=O)NC1CC(=O)N(C)C1c1ccc(Cl)cc1.Cl. The Labute approximate surface area is 158 Å². The molecule has 2 rings (SSSR count). The third kappa shape index (κ3) is 5.02. The lowest BCUT2D eigenvalue weighted by molar-refractivity contribution is -0.127. The first-order valence-corrected chi connectivity index (χ1v) is 9.27. The molecule has 24 heavy (non-hydrogen) atoms. The lowest BCUT2D eigenvalue weighted by atomic mass is 9.99. The summed E-state index contributed by atoms with van der Waals surface area (Å²) >= 11 is 7.58. The van der Waals surface area contributed by atoms with Gasteiger partial charge in [0.05, 0.1) is 18.1 Å². The Hall–Kier alpha value is -0.950. The number of carbonyl (C=O) groups excluding carboxylic acids is 2. The van der Waals surface area contributed by atoms with E-state index < -0.39 is 6.04 Å². The van der Waals surface area contributed by atoms with Crippen molar-refractivity contribution in [3.63, 3.8) is 0 Å². The van der Waals surface area contributed by atoms with Crippen molar-refractivity contribution in [3.8, 4) is 0 Å². The summed E-state index contributed by atoms with van der Waals surface area (Å²) < 4.78 is 0. The summed E-state index contributed by atoms with van der Waals surface area (Å²) in [6, 6.07) is 6.32. The lowest BCUT2D eigenvalue weighted by Gasteiger charge is -2.27. The van der Waals surface area contributed by atoms with Crippen molar-refractivity contribution < 1.29 is 9.59 Å². The number of nitrogens with zero attached hydrogens (tertiary/aromatic N) is 1. The molecule has 0 aliphatic carbocycles. The zero-order valence-corrected chi connectivity index (χ0v) is 16.1. The molecule has 0 bridgehead atoms. The van der Waals surface area contributed by atoms with Gasteiger partial charge in [0.1, 0.15) is 0 Å². The van der Waals surface area contributed by atoms with Crippen molar-refractivity contribution in [1.29, 1.82) is 0 Å². The van der Waals surface area contributed by atoms with E-state index in [2.05, 4.69) is 5.32 Å². The van der Waals surface area contributed by atoms with Crippen molar-refractivity contribution >= 4 is 47.6 Å². The molecule has 0 aromatic heterocycles. The van der Waals surface area contributed by atoms with Crippen LogP contribution in [-0.4, -0.2) is 47.9 Å². The van der Waals surface area contributed by atoms with Crippen LogP contribution in [0.1, 0.15) is 24.4 Å². The Bertz CT molecular complexity index is 571. The van der Waals surface area contributed by atoms with Crippen LogP contribution in [0.5, 0.6) is 0 Å². The summed E-state index contributed by atoms with van der Waals surface area (Å²) in [5.41, 5.74) is 6.86. The first kappa shape index (κ1) is 21.1. The molecular formula is C16H23Cl2N3O2S. The van der Waals surface area contributed by atoms with Gasteiger partial charge in [0, 0.05) is 18.5 Å². The second-order valence-corrected chi connectivity index (χ2v) is 7.13. The molecule has 0 saturated carbocycles. The fourth-order valence-electron chi connectivity index (χ4n) is 2.78. The van der Waals surface area contributed by atoms with Crippen molar-refractivity contribution in [2.75, 3.05) is 19.1 Å². The van der Waals surface area contributed by atoms with E-state index in [-0.39, 0.29) is 42.7 Å². The number of thioether (sulfide) groups is 1. The van der Waals surface area contributed by atoms with E-state index >= 15 is 0 Å². The van der Waals surface area contributed by atoms with Gasteiger partial charge in [0.15, 0.2) is 0 Å². The third-order valence-electron chi connectivity index (χ3n) is 4.10. The van der Waals surface area contributed by atoms with Gasteiger partial charge < -0.3 is 16.0 Å². The van der Waals surface area contributed by atoms with Crippen molar-refractivity contribution in [2.45, 2.75) is 31.0 Å². The van der Waals surface area contributed by atoms with Gasteiger partial charge in [-0.05, 0) is 36.1 Å². The van der Waals surface area contributed by atoms with E-state index in [0.717, 1.165) is 11.3 Å². The molecule has 1 saturated heterocycles. The number of hydrogen-bond donors (Lipinski definition) is 2. The van der Waals surface area contributed by atoms with Crippen LogP contribution in [0.15, 0.2) is 24.3 Å². The molecule has 0 spiro atoms. The number of likely N-dealkylation sites (tertiary alicyclic amines) is 1. The Morgan fingerprint density at radius 2 is 2.08 bits per heavy atom. The molecule has 1 fully saturated rings. The number of amides is 2. The molecule has 1 heterocycles. The molecule has 1 aliphatic rings. The molecule has 134 valence electrons. The Balaban J connectivity index is 0.00000288. The summed E-state index contributed by atoms with van der Waals surface area (Å²) in [5.74, 6) is 0.637. The van der Waals surface area contributed by atoms with Crippen LogP contribution in [0.3, 0.4) is 0 Å². The highest BCUT2D eigenvalue weighted by Gasteiger charge is 2.39. The molecule has 0 radical (unpaired) electrons. The molecule has 3 N–H and O–H groups in total. The highest BCUT2D eigenvalue weighted by molar-refractivity contribution is 7.98. The monoisotopic (exact) mass is 391 g/mol. The van der Waals surface area contributed by atoms with Crippen LogP contribution in [0.4, 0.5) is 0 Å². The summed E-state index contributed by atoms with van der Waals surface area (Å²) in [4.78, 5) is 26.0. The number of rotatable bonds is 6. The minimum atomic E-state index is -0.547. The van der Waals surface area contributed by atoms with E-state index in [4.69, 9.17) is 17.3 Å². The quantitative estimate of drug-likeness (QED) is 0.779. The molecular weight excluding hydrogens is 369 g/mol. The standard InChI is InChI=1S/C16H22ClN3O2S.ClH/c1-20-14(21)9-13(19-16(22)12(18)7-8-23-2)15(20)10-3-5-11(17)6-4-10;/h3-6,12-13,15H,7-9,18H2,1-2H3,(H,19,22);1H. The summed E-state index contributed by atoms with van der Waals surface area (Å²) in [6.07, 6.45) is 2.88. The lowest BCUT2D eigenvalue weighted by Crippen LogP contribution is -2.47. The number of nitrogens with two attached hydrogens (primary N) is 1. The van der Waals surface area contributed by atoms with Crippen molar-refractivity contribution in [3.05, 3.63) is 34.9 Å². The molecule has 5 nitrogen and oxygen atoms in total. The molecule has 8 heteroatoms. The normalized spacial score (nSPS) is 21.3. The highest BCUT2D eigenvalue weighted by atomic mass is 35.5. The van der Waals surface area contributed by atoms with E-state index in [1.54, 1.807) is 35.8 Å². The second kappa shape index (κ2) is 9.51. The zero-order chi connectivity index (χ0) is 17.0. The maximum absolute atomic E-state index is 12.3. The first-order valence-electron chi connectivity index (χ1n) is 7.50. The number of halogens is 2. The van der Waals surface area contributed by atoms with Crippen LogP contribution >= 0.6 is 35.8 Å². The molecule has 1 aromatic carbocycles. The number of nitrogens with one attached hydrogen (secondary N) is 1. The fourth-order valence-corrected chi connectivity index (χ4v) is 3.40.